The second-order valence-corrected chi connectivity index (χ2v) is 8.99. The highest BCUT2D eigenvalue weighted by Gasteiger charge is 2.20. The van der Waals surface area contributed by atoms with Crippen LogP contribution in [-0.2, 0) is 10.2 Å². The van der Waals surface area contributed by atoms with Crippen molar-refractivity contribution in [3.8, 4) is 5.75 Å². The maximum absolute atomic E-state index is 13.7. The Morgan fingerprint density at radius 2 is 1.90 bits per heavy atom. The third-order valence-electron chi connectivity index (χ3n) is 4.50. The van der Waals surface area contributed by atoms with Gasteiger partial charge in [0, 0.05) is 18.7 Å². The van der Waals surface area contributed by atoms with Gasteiger partial charge in [0.15, 0.2) is 0 Å². The highest BCUT2D eigenvalue weighted by Crippen LogP contribution is 2.23. The lowest BCUT2D eigenvalue weighted by atomic mass is 9.93. The molecule has 0 heterocycles. The summed E-state index contributed by atoms with van der Waals surface area (Å²) in [6.45, 7) is 6.14. The highest BCUT2D eigenvalue weighted by atomic mass is 32.2. The normalized spacial score (nSPS) is 13.4. The molecule has 2 aromatic rings. The molecule has 0 aliphatic carbocycles. The van der Waals surface area contributed by atoms with Gasteiger partial charge in [-0.25, -0.2) is 8.78 Å². The van der Waals surface area contributed by atoms with Crippen molar-refractivity contribution in [2.75, 3.05) is 22.7 Å². The van der Waals surface area contributed by atoms with Crippen LogP contribution in [0, 0.1) is 11.6 Å². The van der Waals surface area contributed by atoms with Gasteiger partial charge < -0.3 is 10.5 Å². The fraction of sp³-hybridized carbons (Fsp3) is 0.333. The Morgan fingerprint density at radius 3 is 2.50 bits per heavy atom. The van der Waals surface area contributed by atoms with Crippen LogP contribution in [0.2, 0.25) is 0 Å². The van der Waals surface area contributed by atoms with Gasteiger partial charge in [-0.05, 0) is 62.6 Å². The maximum Gasteiger partial charge on any atom is 0.323 e. The SMILES string of the molecule is C=CCC(C)(N)CCCOc1ccc(N(C)S(=O)(=O)Nc2ccc(F)cc2F)cc1. The Hall–Kier alpha value is -2.65. The van der Waals surface area contributed by atoms with Crippen LogP contribution in [0.1, 0.15) is 26.2 Å². The van der Waals surface area contributed by atoms with E-state index in [1.165, 1.54) is 7.05 Å². The molecule has 0 saturated heterocycles. The van der Waals surface area contributed by atoms with Gasteiger partial charge in [-0.15, -0.1) is 6.58 Å². The number of halogens is 2. The van der Waals surface area contributed by atoms with E-state index in [0.29, 0.717) is 24.1 Å². The van der Waals surface area contributed by atoms with Crippen LogP contribution in [0.4, 0.5) is 20.2 Å². The summed E-state index contributed by atoms with van der Waals surface area (Å²) >= 11 is 0. The predicted molar refractivity (Wildman–Crippen MR) is 116 cm³/mol. The minimum Gasteiger partial charge on any atom is -0.494 e. The zero-order valence-electron chi connectivity index (χ0n) is 17.1. The molecular formula is C21H27F2N3O3S. The van der Waals surface area contributed by atoms with E-state index in [9.17, 15) is 17.2 Å². The van der Waals surface area contributed by atoms with Crippen molar-refractivity contribution >= 4 is 21.6 Å². The van der Waals surface area contributed by atoms with Crippen molar-refractivity contribution in [3.05, 3.63) is 66.8 Å². The van der Waals surface area contributed by atoms with Crippen molar-refractivity contribution < 1.29 is 21.9 Å². The Bertz CT molecular complexity index is 964. The summed E-state index contributed by atoms with van der Waals surface area (Å²) in [4.78, 5) is 0. The van der Waals surface area contributed by atoms with Gasteiger partial charge in [-0.3, -0.25) is 9.03 Å². The Morgan fingerprint density at radius 1 is 1.23 bits per heavy atom. The molecule has 164 valence electrons. The quantitative estimate of drug-likeness (QED) is 0.406. The van der Waals surface area contributed by atoms with Crippen molar-refractivity contribution in [2.45, 2.75) is 31.7 Å². The molecule has 0 amide bonds. The van der Waals surface area contributed by atoms with E-state index in [2.05, 4.69) is 11.3 Å². The van der Waals surface area contributed by atoms with E-state index in [0.717, 1.165) is 35.7 Å². The van der Waals surface area contributed by atoms with Crippen molar-refractivity contribution in [2.24, 2.45) is 5.73 Å². The van der Waals surface area contributed by atoms with Crippen LogP contribution < -0.4 is 19.5 Å². The van der Waals surface area contributed by atoms with E-state index < -0.39 is 21.8 Å². The fourth-order valence-corrected chi connectivity index (χ4v) is 3.75. The summed E-state index contributed by atoms with van der Waals surface area (Å²) in [7, 11) is -2.78. The average Bonchev–Trinajstić information content (AvgIpc) is 2.67. The monoisotopic (exact) mass is 439 g/mol. The second kappa shape index (κ2) is 9.90. The molecule has 9 heteroatoms. The van der Waals surface area contributed by atoms with Gasteiger partial charge in [0.1, 0.15) is 17.4 Å². The lowest BCUT2D eigenvalue weighted by Crippen LogP contribution is -2.35. The first-order valence-corrected chi connectivity index (χ1v) is 10.8. The zero-order valence-corrected chi connectivity index (χ0v) is 17.9. The number of hydrogen-bond acceptors (Lipinski definition) is 4. The molecular weight excluding hydrogens is 412 g/mol. The Labute approximate surface area is 176 Å². The lowest BCUT2D eigenvalue weighted by molar-refractivity contribution is 0.285. The third-order valence-corrected chi connectivity index (χ3v) is 5.91. The van der Waals surface area contributed by atoms with Crippen molar-refractivity contribution in [1.29, 1.82) is 0 Å². The summed E-state index contributed by atoms with van der Waals surface area (Å²) in [5.74, 6) is -1.21. The van der Waals surface area contributed by atoms with Gasteiger partial charge in [0.2, 0.25) is 0 Å². The zero-order chi connectivity index (χ0) is 22.4. The number of nitrogens with one attached hydrogen (secondary N) is 1. The molecule has 0 spiro atoms. The Kier molecular flexibility index (Phi) is 7.80. The van der Waals surface area contributed by atoms with Crippen molar-refractivity contribution in [3.63, 3.8) is 0 Å². The number of nitrogens with zero attached hydrogens (tertiary/aromatic N) is 1. The molecule has 0 aliphatic heterocycles. The second-order valence-electron chi connectivity index (χ2n) is 7.29. The Balaban J connectivity index is 1.95. The molecule has 0 radical (unpaired) electrons. The molecule has 6 nitrogen and oxygen atoms in total. The number of ether oxygens (including phenoxy) is 1. The average molecular weight is 440 g/mol. The summed E-state index contributed by atoms with van der Waals surface area (Å²) in [5, 5.41) is 0. The highest BCUT2D eigenvalue weighted by molar-refractivity contribution is 7.94. The number of benzene rings is 2. The van der Waals surface area contributed by atoms with Gasteiger partial charge in [0.05, 0.1) is 18.0 Å². The fourth-order valence-electron chi connectivity index (χ4n) is 2.77. The molecule has 0 bridgehead atoms. The van der Waals surface area contributed by atoms with Crippen LogP contribution in [0.25, 0.3) is 0 Å². The van der Waals surface area contributed by atoms with E-state index in [1.807, 2.05) is 6.92 Å². The van der Waals surface area contributed by atoms with Crippen LogP contribution in [0.3, 0.4) is 0 Å². The molecule has 0 saturated carbocycles. The van der Waals surface area contributed by atoms with E-state index in [4.69, 9.17) is 10.5 Å². The van der Waals surface area contributed by atoms with Gasteiger partial charge in [-0.1, -0.05) is 6.08 Å². The third kappa shape index (κ3) is 6.70. The topological polar surface area (TPSA) is 84.7 Å². The lowest BCUT2D eigenvalue weighted by Gasteiger charge is -2.23. The maximum atomic E-state index is 13.7. The van der Waals surface area contributed by atoms with Gasteiger partial charge in [0.25, 0.3) is 0 Å². The summed E-state index contributed by atoms with van der Waals surface area (Å²) in [6.07, 6.45) is 4.07. The predicted octanol–water partition coefficient (Wildman–Crippen LogP) is 4.21. The molecule has 1 atom stereocenters. The molecule has 30 heavy (non-hydrogen) atoms. The minimum atomic E-state index is -4.10. The standard InChI is InChI=1S/C21H27F2N3O3S/c1-4-12-21(2,24)13-5-14-29-18-9-7-17(8-10-18)26(3)30(27,28)25-20-11-6-16(22)15-19(20)23/h4,6-11,15,25H,1,5,12-14,24H2,2-3H3. The molecule has 2 rings (SSSR count). The molecule has 1 unspecified atom stereocenters. The first kappa shape index (κ1) is 23.6. The first-order chi connectivity index (χ1) is 14.0. The van der Waals surface area contributed by atoms with Crippen LogP contribution in [0.15, 0.2) is 55.1 Å². The number of hydrogen-bond donors (Lipinski definition) is 2. The summed E-state index contributed by atoms with van der Waals surface area (Å²) in [5.41, 5.74) is 5.82. The van der Waals surface area contributed by atoms with E-state index in [1.54, 1.807) is 30.3 Å². The number of rotatable bonds is 11. The number of nitrogens with two attached hydrogens (primary N) is 1. The van der Waals surface area contributed by atoms with E-state index >= 15 is 0 Å². The largest absolute Gasteiger partial charge is 0.494 e. The van der Waals surface area contributed by atoms with Crippen LogP contribution >= 0.6 is 0 Å². The van der Waals surface area contributed by atoms with Crippen LogP contribution in [-0.4, -0.2) is 27.6 Å². The molecule has 2 aromatic carbocycles. The molecule has 0 fully saturated rings. The molecule has 3 N–H and O–H groups in total. The van der Waals surface area contributed by atoms with E-state index in [-0.39, 0.29) is 11.2 Å². The first-order valence-electron chi connectivity index (χ1n) is 9.38. The number of anilines is 2. The molecule has 0 aliphatic rings. The summed E-state index contributed by atoms with van der Waals surface area (Å²) in [6, 6.07) is 9.03. The van der Waals surface area contributed by atoms with Crippen molar-refractivity contribution in [1.82, 2.24) is 0 Å². The molecule has 0 aromatic heterocycles. The minimum absolute atomic E-state index is 0.316. The summed E-state index contributed by atoms with van der Waals surface area (Å²) < 4.78 is 60.4. The van der Waals surface area contributed by atoms with Gasteiger partial charge in [-0.2, -0.15) is 8.42 Å². The van der Waals surface area contributed by atoms with Gasteiger partial charge >= 0.3 is 10.2 Å². The smallest absolute Gasteiger partial charge is 0.323 e. The van der Waals surface area contributed by atoms with Crippen LogP contribution in [0.5, 0.6) is 5.75 Å².